The molecule has 104 valence electrons. The Balaban J connectivity index is 2.18. The number of H-pyrrole nitrogens is 1. The summed E-state index contributed by atoms with van der Waals surface area (Å²) in [7, 11) is 0. The lowest BCUT2D eigenvalue weighted by atomic mass is 10.2. The van der Waals surface area contributed by atoms with Gasteiger partial charge < -0.3 is 9.47 Å². The third-order valence-electron chi connectivity index (χ3n) is 2.74. The van der Waals surface area contributed by atoms with Gasteiger partial charge in [-0.25, -0.2) is 4.79 Å². The zero-order valence-corrected chi connectivity index (χ0v) is 12.1. The lowest BCUT2D eigenvalue weighted by Crippen LogP contribution is -2.32. The predicted octanol–water partition coefficient (Wildman–Crippen LogP) is 1.31. The van der Waals surface area contributed by atoms with Crippen LogP contribution in [0.25, 0.3) is 0 Å². The molecule has 8 heteroatoms. The summed E-state index contributed by atoms with van der Waals surface area (Å²) in [6.07, 6.45) is 2.14. The van der Waals surface area contributed by atoms with Gasteiger partial charge in [0, 0.05) is 18.7 Å². The second-order valence-electron chi connectivity index (χ2n) is 3.98. The van der Waals surface area contributed by atoms with Crippen LogP contribution >= 0.6 is 27.5 Å². The standard InChI is InChI=1S/C11H12BrClN2O4/c1-2-18-10(12)9-6(13)5-8(19-9)15-4-3-7(16)14-11(15)17/h2-4,6,8-10H,1,5H2,(H,14,16,17)/t6-,8+,9-,10?/m0/s1. The molecule has 1 aliphatic heterocycles. The lowest BCUT2D eigenvalue weighted by molar-refractivity contribution is -0.0349. The highest BCUT2D eigenvalue weighted by molar-refractivity contribution is 9.09. The Morgan fingerprint density at radius 1 is 1.68 bits per heavy atom. The highest BCUT2D eigenvalue weighted by Gasteiger charge is 2.40. The number of ether oxygens (including phenoxy) is 2. The monoisotopic (exact) mass is 350 g/mol. The molecule has 0 bridgehead atoms. The van der Waals surface area contributed by atoms with Crippen molar-refractivity contribution in [3.63, 3.8) is 0 Å². The minimum atomic E-state index is -0.537. The fraction of sp³-hybridized carbons (Fsp3) is 0.455. The van der Waals surface area contributed by atoms with Gasteiger partial charge in [0.2, 0.25) is 0 Å². The van der Waals surface area contributed by atoms with Crippen molar-refractivity contribution in [3.8, 4) is 0 Å². The largest absolute Gasteiger partial charge is 0.485 e. The van der Waals surface area contributed by atoms with Crippen LogP contribution in [0, 0.1) is 0 Å². The molecule has 0 amide bonds. The normalized spacial score (nSPS) is 28.0. The van der Waals surface area contributed by atoms with Crippen LogP contribution in [0.3, 0.4) is 0 Å². The SMILES string of the molecule is C=COC(Br)[C@H]1O[C@@H](n2ccc(=O)[nH]c2=O)C[C@@H]1Cl. The van der Waals surface area contributed by atoms with Crippen molar-refractivity contribution in [2.24, 2.45) is 0 Å². The number of aromatic amines is 1. The van der Waals surface area contributed by atoms with E-state index in [4.69, 9.17) is 21.1 Å². The molecular formula is C11H12BrClN2O4. The summed E-state index contributed by atoms with van der Waals surface area (Å²) in [4.78, 5) is 24.8. The number of halogens is 2. The van der Waals surface area contributed by atoms with Crippen LogP contribution in [0.1, 0.15) is 12.6 Å². The van der Waals surface area contributed by atoms with Gasteiger partial charge in [-0.15, -0.1) is 11.6 Å². The molecule has 0 aliphatic carbocycles. The first-order valence-corrected chi connectivity index (χ1v) is 6.89. The van der Waals surface area contributed by atoms with Crippen LogP contribution in [-0.4, -0.2) is 26.0 Å². The molecule has 1 unspecified atom stereocenters. The van der Waals surface area contributed by atoms with Crippen molar-refractivity contribution in [3.05, 3.63) is 45.9 Å². The van der Waals surface area contributed by atoms with Gasteiger partial charge in [-0.2, -0.15) is 0 Å². The molecule has 19 heavy (non-hydrogen) atoms. The van der Waals surface area contributed by atoms with Gasteiger partial charge in [0.15, 0.2) is 5.01 Å². The number of rotatable bonds is 4. The molecule has 2 rings (SSSR count). The smallest absolute Gasteiger partial charge is 0.330 e. The Morgan fingerprint density at radius 3 is 3.05 bits per heavy atom. The van der Waals surface area contributed by atoms with Crippen molar-refractivity contribution in [1.29, 1.82) is 0 Å². The van der Waals surface area contributed by atoms with Crippen molar-refractivity contribution in [1.82, 2.24) is 9.55 Å². The van der Waals surface area contributed by atoms with E-state index < -0.39 is 28.6 Å². The molecule has 6 nitrogen and oxygen atoms in total. The Kier molecular flexibility index (Phi) is 4.49. The third kappa shape index (κ3) is 3.10. The number of nitrogens with one attached hydrogen (secondary N) is 1. The lowest BCUT2D eigenvalue weighted by Gasteiger charge is -2.20. The van der Waals surface area contributed by atoms with Crippen LogP contribution in [0.2, 0.25) is 0 Å². The quantitative estimate of drug-likeness (QED) is 0.656. The van der Waals surface area contributed by atoms with Crippen LogP contribution in [0.15, 0.2) is 34.7 Å². The first kappa shape index (κ1) is 14.4. The number of hydrogen-bond donors (Lipinski definition) is 1. The summed E-state index contributed by atoms with van der Waals surface area (Å²) < 4.78 is 12.1. The van der Waals surface area contributed by atoms with Crippen molar-refractivity contribution in [2.45, 2.75) is 29.1 Å². The van der Waals surface area contributed by atoms with Crippen molar-refractivity contribution >= 4 is 27.5 Å². The predicted molar refractivity (Wildman–Crippen MR) is 73.5 cm³/mol. The molecule has 0 radical (unpaired) electrons. The Hall–Kier alpha value is -1.05. The van der Waals surface area contributed by atoms with E-state index in [2.05, 4.69) is 27.5 Å². The highest BCUT2D eigenvalue weighted by Crippen LogP contribution is 2.35. The zero-order chi connectivity index (χ0) is 14.0. The summed E-state index contributed by atoms with van der Waals surface area (Å²) >= 11 is 9.47. The van der Waals surface area contributed by atoms with E-state index in [1.165, 1.54) is 23.1 Å². The minimum absolute atomic E-state index is 0.326. The van der Waals surface area contributed by atoms with Gasteiger partial charge in [0.05, 0.1) is 11.6 Å². The fourth-order valence-corrected chi connectivity index (χ4v) is 3.04. The van der Waals surface area contributed by atoms with E-state index in [1.807, 2.05) is 0 Å². The van der Waals surface area contributed by atoms with Crippen molar-refractivity contribution in [2.75, 3.05) is 0 Å². The van der Waals surface area contributed by atoms with Gasteiger partial charge in [-0.1, -0.05) is 6.58 Å². The van der Waals surface area contributed by atoms with E-state index >= 15 is 0 Å². The average molecular weight is 352 g/mol. The van der Waals surface area contributed by atoms with Gasteiger partial charge in [0.25, 0.3) is 5.56 Å². The number of hydrogen-bond acceptors (Lipinski definition) is 4. The Labute approximate surface area is 122 Å². The summed E-state index contributed by atoms with van der Waals surface area (Å²) in [5.41, 5.74) is -0.982. The third-order valence-corrected chi connectivity index (χ3v) is 3.91. The molecule has 1 aromatic rings. The molecule has 0 aromatic carbocycles. The van der Waals surface area contributed by atoms with E-state index in [1.54, 1.807) is 0 Å². The number of alkyl halides is 2. The summed E-state index contributed by atoms with van der Waals surface area (Å²) in [6.45, 7) is 3.45. The van der Waals surface area contributed by atoms with Gasteiger partial charge >= 0.3 is 5.69 Å². The first-order chi connectivity index (χ1) is 9.02. The minimum Gasteiger partial charge on any atom is -0.485 e. The summed E-state index contributed by atoms with van der Waals surface area (Å²) in [5.74, 6) is 0. The second kappa shape index (κ2) is 5.94. The van der Waals surface area contributed by atoms with Crippen LogP contribution < -0.4 is 11.2 Å². The van der Waals surface area contributed by atoms with Gasteiger partial charge in [-0.3, -0.25) is 14.3 Å². The number of aromatic nitrogens is 2. The van der Waals surface area contributed by atoms with Crippen molar-refractivity contribution < 1.29 is 9.47 Å². The highest BCUT2D eigenvalue weighted by atomic mass is 79.9. The number of nitrogens with zero attached hydrogens (tertiary/aromatic N) is 1. The zero-order valence-electron chi connectivity index (χ0n) is 9.79. The maximum absolute atomic E-state index is 11.7. The molecule has 1 N–H and O–H groups in total. The second-order valence-corrected chi connectivity index (χ2v) is 5.44. The van der Waals surface area contributed by atoms with E-state index in [0.717, 1.165) is 0 Å². The van der Waals surface area contributed by atoms with Crippen LogP contribution in [-0.2, 0) is 9.47 Å². The van der Waals surface area contributed by atoms with Crippen LogP contribution in [0.4, 0.5) is 0 Å². The maximum atomic E-state index is 11.7. The molecule has 2 heterocycles. The molecule has 4 atom stereocenters. The van der Waals surface area contributed by atoms with Gasteiger partial charge in [0.1, 0.15) is 12.3 Å². The fourth-order valence-electron chi connectivity index (χ4n) is 1.88. The van der Waals surface area contributed by atoms with E-state index in [-0.39, 0.29) is 5.38 Å². The molecule has 1 fully saturated rings. The molecule has 1 saturated heterocycles. The van der Waals surface area contributed by atoms with Gasteiger partial charge in [-0.05, 0) is 15.9 Å². The Bertz CT molecular complexity index is 572. The van der Waals surface area contributed by atoms with E-state index in [9.17, 15) is 9.59 Å². The molecule has 0 spiro atoms. The molecule has 0 saturated carbocycles. The summed E-state index contributed by atoms with van der Waals surface area (Å²) in [5, 5.41) is -0.774. The summed E-state index contributed by atoms with van der Waals surface area (Å²) in [6, 6.07) is 1.26. The topological polar surface area (TPSA) is 73.3 Å². The molecule has 1 aliphatic rings. The first-order valence-electron chi connectivity index (χ1n) is 5.54. The Morgan fingerprint density at radius 2 is 2.42 bits per heavy atom. The average Bonchev–Trinajstić information content (AvgIpc) is 2.71. The van der Waals surface area contributed by atoms with E-state index in [0.29, 0.717) is 6.42 Å². The molecular weight excluding hydrogens is 339 g/mol. The van der Waals surface area contributed by atoms with Crippen LogP contribution in [0.5, 0.6) is 0 Å². The molecule has 1 aromatic heterocycles. The maximum Gasteiger partial charge on any atom is 0.330 e.